The summed E-state index contributed by atoms with van der Waals surface area (Å²) >= 11 is 0. The molecule has 26 heavy (non-hydrogen) atoms. The number of nitrogens with zero attached hydrogens (tertiary/aromatic N) is 1. The summed E-state index contributed by atoms with van der Waals surface area (Å²) in [4.78, 5) is -1.01. The lowest BCUT2D eigenvalue weighted by Crippen LogP contribution is -2.46. The van der Waals surface area contributed by atoms with Crippen LogP contribution in [0.25, 0.3) is 0 Å². The third-order valence-corrected chi connectivity index (χ3v) is 5.83. The van der Waals surface area contributed by atoms with Gasteiger partial charge in [0.25, 0.3) is 0 Å². The van der Waals surface area contributed by atoms with Gasteiger partial charge in [0.15, 0.2) is 0 Å². The molecule has 12 heteroatoms. The third kappa shape index (κ3) is 5.02. The maximum absolute atomic E-state index is 12.9. The Balaban J connectivity index is 0.00000338. The zero-order valence-corrected chi connectivity index (χ0v) is 15.1. The van der Waals surface area contributed by atoms with Crippen LogP contribution in [0.1, 0.15) is 24.0 Å². The van der Waals surface area contributed by atoms with Gasteiger partial charge in [-0.05, 0) is 38.1 Å². The fraction of sp³-hybridized carbons (Fsp3) is 0.571. The Morgan fingerprint density at radius 2 is 1.54 bits per heavy atom. The van der Waals surface area contributed by atoms with E-state index in [4.69, 9.17) is 0 Å². The Morgan fingerprint density at radius 3 is 1.96 bits per heavy atom. The van der Waals surface area contributed by atoms with Crippen LogP contribution >= 0.6 is 12.4 Å². The highest BCUT2D eigenvalue weighted by Crippen LogP contribution is 2.38. The van der Waals surface area contributed by atoms with Crippen LogP contribution < -0.4 is 5.32 Å². The number of nitrogens with one attached hydrogen (secondary N) is 1. The van der Waals surface area contributed by atoms with Crippen LogP contribution in [0.3, 0.4) is 0 Å². The van der Waals surface area contributed by atoms with Gasteiger partial charge in [-0.3, -0.25) is 0 Å². The average molecular weight is 427 g/mol. The van der Waals surface area contributed by atoms with E-state index in [1.807, 2.05) is 0 Å². The summed E-state index contributed by atoms with van der Waals surface area (Å²) in [6.07, 6.45) is -9.07. The van der Waals surface area contributed by atoms with E-state index in [2.05, 4.69) is 5.32 Å². The van der Waals surface area contributed by atoms with Gasteiger partial charge in [0.2, 0.25) is 10.0 Å². The van der Waals surface area contributed by atoms with E-state index in [1.54, 1.807) is 7.05 Å². The molecule has 1 fully saturated rings. The SMILES string of the molecule is CNC1CCCN(S(=O)(=O)c2cc(C(F)(F)F)cc(C(F)(F)F)c2)C1.Cl. The molecule has 1 unspecified atom stereocenters. The van der Waals surface area contributed by atoms with Gasteiger partial charge in [-0.2, -0.15) is 30.6 Å². The number of alkyl halides is 6. The molecule has 0 bridgehead atoms. The van der Waals surface area contributed by atoms with Gasteiger partial charge in [0.1, 0.15) is 0 Å². The molecule has 1 heterocycles. The summed E-state index contributed by atoms with van der Waals surface area (Å²) in [5, 5.41) is 2.86. The molecule has 150 valence electrons. The van der Waals surface area contributed by atoms with E-state index in [1.165, 1.54) is 0 Å². The Kier molecular flexibility index (Phi) is 7.00. The van der Waals surface area contributed by atoms with Crippen molar-refractivity contribution >= 4 is 22.4 Å². The second-order valence-corrected chi connectivity index (χ2v) is 7.67. The minimum Gasteiger partial charge on any atom is -0.316 e. The molecule has 1 N–H and O–H groups in total. The Labute approximate surface area is 153 Å². The minimum absolute atomic E-state index is 0. The molecular weight excluding hydrogens is 410 g/mol. The maximum atomic E-state index is 12.9. The first-order valence-electron chi connectivity index (χ1n) is 7.32. The van der Waals surface area contributed by atoms with E-state index in [9.17, 15) is 34.8 Å². The Hall–Kier alpha value is -1.04. The van der Waals surface area contributed by atoms with Crippen molar-refractivity contribution in [3.05, 3.63) is 29.3 Å². The normalized spacial score (nSPS) is 19.9. The summed E-state index contributed by atoms with van der Waals surface area (Å²) in [5.74, 6) is 0. The molecule has 0 aromatic heterocycles. The van der Waals surface area contributed by atoms with E-state index < -0.39 is 38.4 Å². The van der Waals surface area contributed by atoms with Crippen molar-refractivity contribution < 1.29 is 34.8 Å². The summed E-state index contributed by atoms with van der Waals surface area (Å²) in [6, 6.07) is 0.184. The van der Waals surface area contributed by atoms with E-state index in [0.717, 1.165) is 4.31 Å². The molecule has 1 atom stereocenters. The van der Waals surface area contributed by atoms with E-state index >= 15 is 0 Å². The quantitative estimate of drug-likeness (QED) is 0.752. The standard InChI is InChI=1S/C14H16F6N2O2S.ClH/c1-21-11-3-2-4-22(8-11)25(23,24)12-6-9(13(15,16)17)5-10(7-12)14(18,19)20;/h5-7,11,21H,2-4,8H2,1H3;1H. The fourth-order valence-electron chi connectivity index (χ4n) is 2.62. The maximum Gasteiger partial charge on any atom is 0.416 e. The van der Waals surface area contributed by atoms with Crippen molar-refractivity contribution in [3.63, 3.8) is 0 Å². The summed E-state index contributed by atoms with van der Waals surface area (Å²) in [6.45, 7) is 0.0224. The largest absolute Gasteiger partial charge is 0.416 e. The number of likely N-dealkylation sites (N-methyl/N-ethyl adjacent to an activating group) is 1. The molecule has 0 saturated carbocycles. The Bertz CT molecular complexity index is 704. The summed E-state index contributed by atoms with van der Waals surface area (Å²) < 4.78 is 103. The molecular formula is C14H17ClF6N2O2S. The monoisotopic (exact) mass is 426 g/mol. The Morgan fingerprint density at radius 1 is 1.04 bits per heavy atom. The zero-order chi connectivity index (χ0) is 19.0. The molecule has 0 amide bonds. The van der Waals surface area contributed by atoms with Crippen molar-refractivity contribution in [2.75, 3.05) is 20.1 Å². The number of hydrogen-bond acceptors (Lipinski definition) is 3. The van der Waals surface area contributed by atoms with Crippen molar-refractivity contribution in [2.45, 2.75) is 36.1 Å². The highest BCUT2D eigenvalue weighted by atomic mass is 35.5. The molecule has 0 spiro atoms. The minimum atomic E-state index is -5.10. The van der Waals surface area contributed by atoms with Gasteiger partial charge >= 0.3 is 12.4 Å². The van der Waals surface area contributed by atoms with Gasteiger partial charge in [-0.15, -0.1) is 12.4 Å². The van der Waals surface area contributed by atoms with Crippen molar-refractivity contribution in [1.82, 2.24) is 9.62 Å². The summed E-state index contributed by atoms with van der Waals surface area (Å²) in [5.41, 5.74) is -3.30. The lowest BCUT2D eigenvalue weighted by molar-refractivity contribution is -0.143. The van der Waals surface area contributed by atoms with Crippen molar-refractivity contribution in [3.8, 4) is 0 Å². The molecule has 2 rings (SSSR count). The van der Waals surface area contributed by atoms with Crippen LogP contribution in [0.5, 0.6) is 0 Å². The molecule has 1 saturated heterocycles. The van der Waals surface area contributed by atoms with Gasteiger partial charge in [0, 0.05) is 19.1 Å². The van der Waals surface area contributed by atoms with Gasteiger partial charge in [-0.1, -0.05) is 0 Å². The lowest BCUT2D eigenvalue weighted by Gasteiger charge is -2.32. The highest BCUT2D eigenvalue weighted by Gasteiger charge is 2.39. The van der Waals surface area contributed by atoms with E-state index in [0.29, 0.717) is 12.8 Å². The smallest absolute Gasteiger partial charge is 0.316 e. The zero-order valence-electron chi connectivity index (χ0n) is 13.5. The average Bonchev–Trinajstić information content (AvgIpc) is 2.52. The van der Waals surface area contributed by atoms with Crippen LogP contribution in [0.4, 0.5) is 26.3 Å². The number of hydrogen-bond donors (Lipinski definition) is 1. The number of sulfonamides is 1. The predicted octanol–water partition coefficient (Wildman–Crippen LogP) is 3.52. The molecule has 1 aliphatic rings. The van der Waals surface area contributed by atoms with Crippen molar-refractivity contribution in [2.24, 2.45) is 0 Å². The molecule has 0 radical (unpaired) electrons. The highest BCUT2D eigenvalue weighted by molar-refractivity contribution is 7.89. The third-order valence-electron chi connectivity index (χ3n) is 3.99. The predicted molar refractivity (Wildman–Crippen MR) is 84.5 cm³/mol. The molecule has 0 aliphatic carbocycles. The van der Waals surface area contributed by atoms with Crippen LogP contribution in [0.15, 0.2) is 23.1 Å². The first kappa shape index (κ1) is 23.0. The number of rotatable bonds is 3. The van der Waals surface area contributed by atoms with Crippen LogP contribution in [-0.4, -0.2) is 38.9 Å². The van der Waals surface area contributed by atoms with Crippen LogP contribution in [0.2, 0.25) is 0 Å². The molecule has 1 aromatic rings. The summed E-state index contributed by atoms with van der Waals surface area (Å²) in [7, 11) is -2.87. The van der Waals surface area contributed by atoms with Crippen LogP contribution in [-0.2, 0) is 22.4 Å². The molecule has 1 aromatic carbocycles. The van der Waals surface area contributed by atoms with Gasteiger partial charge in [-0.25, -0.2) is 8.42 Å². The number of piperidine rings is 1. The van der Waals surface area contributed by atoms with Gasteiger partial charge in [0.05, 0.1) is 16.0 Å². The van der Waals surface area contributed by atoms with Crippen LogP contribution in [0, 0.1) is 0 Å². The van der Waals surface area contributed by atoms with Crippen molar-refractivity contribution in [1.29, 1.82) is 0 Å². The van der Waals surface area contributed by atoms with Gasteiger partial charge < -0.3 is 5.32 Å². The fourth-order valence-corrected chi connectivity index (χ4v) is 4.22. The topological polar surface area (TPSA) is 49.4 Å². The molecule has 4 nitrogen and oxygen atoms in total. The lowest BCUT2D eigenvalue weighted by atomic mass is 10.1. The van der Waals surface area contributed by atoms with E-state index in [-0.39, 0.29) is 49.7 Å². The second kappa shape index (κ2) is 7.91. The first-order valence-corrected chi connectivity index (χ1v) is 8.76. The number of halogens is 7. The number of benzene rings is 1. The molecule has 1 aliphatic heterocycles. The second-order valence-electron chi connectivity index (χ2n) is 5.73. The first-order chi connectivity index (χ1) is 11.4.